The summed E-state index contributed by atoms with van der Waals surface area (Å²) in [6.07, 6.45) is 8.25. The van der Waals surface area contributed by atoms with Gasteiger partial charge in [-0.2, -0.15) is 0 Å². The number of ether oxygens (including phenoxy) is 1. The van der Waals surface area contributed by atoms with Gasteiger partial charge in [0.2, 0.25) is 0 Å². The minimum Gasteiger partial charge on any atom is -0.423 e. The number of pyridine rings is 1. The molecule has 0 atom stereocenters. The van der Waals surface area contributed by atoms with Crippen LogP contribution in [0, 0.1) is 13.8 Å². The lowest BCUT2D eigenvalue weighted by atomic mass is 9.95. The number of anilines is 1. The number of hydrogen-bond donors (Lipinski definition) is 1. The Morgan fingerprint density at radius 2 is 1.76 bits per heavy atom. The van der Waals surface area contributed by atoms with Crippen molar-refractivity contribution in [3.63, 3.8) is 0 Å². The maximum absolute atomic E-state index is 12.6. The molecule has 168 valence electrons. The monoisotopic (exact) mass is 439 g/mol. The predicted octanol–water partition coefficient (Wildman–Crippen LogP) is 6.58. The third-order valence-corrected chi connectivity index (χ3v) is 6.33. The number of rotatable bonds is 5. The van der Waals surface area contributed by atoms with Crippen LogP contribution < -0.4 is 10.1 Å². The van der Waals surface area contributed by atoms with Crippen molar-refractivity contribution in [1.82, 2.24) is 9.38 Å². The van der Waals surface area contributed by atoms with E-state index in [1.165, 1.54) is 37.7 Å². The SMILES string of the molecule is Cc1ccc(C(=O)Oc2cccc(-c3nc4cc(C)ccn4c3NC3CCCCC3)c2)cc1. The van der Waals surface area contributed by atoms with Crippen LogP contribution in [0.5, 0.6) is 5.75 Å². The molecular formula is C28H29N3O2. The van der Waals surface area contributed by atoms with Crippen LogP contribution in [0.4, 0.5) is 5.82 Å². The van der Waals surface area contributed by atoms with Gasteiger partial charge >= 0.3 is 5.97 Å². The van der Waals surface area contributed by atoms with Gasteiger partial charge in [-0.25, -0.2) is 9.78 Å². The van der Waals surface area contributed by atoms with Gasteiger partial charge in [-0.05, 0) is 68.7 Å². The lowest BCUT2D eigenvalue weighted by Crippen LogP contribution is -2.23. The molecule has 0 radical (unpaired) electrons. The van der Waals surface area contributed by atoms with Crippen LogP contribution in [0.25, 0.3) is 16.9 Å². The van der Waals surface area contributed by atoms with Gasteiger partial charge in [0.25, 0.3) is 0 Å². The number of aryl methyl sites for hydroxylation is 2. The van der Waals surface area contributed by atoms with E-state index in [1.807, 2.05) is 43.3 Å². The van der Waals surface area contributed by atoms with E-state index in [9.17, 15) is 4.79 Å². The van der Waals surface area contributed by atoms with Gasteiger partial charge in [0.15, 0.2) is 0 Å². The zero-order valence-electron chi connectivity index (χ0n) is 19.2. The van der Waals surface area contributed by atoms with Gasteiger partial charge in [-0.15, -0.1) is 0 Å². The molecule has 5 rings (SSSR count). The molecule has 1 aliphatic carbocycles. The number of aromatic nitrogens is 2. The van der Waals surface area contributed by atoms with Crippen molar-refractivity contribution in [2.24, 2.45) is 0 Å². The molecule has 2 aromatic heterocycles. The maximum atomic E-state index is 12.6. The molecule has 1 aliphatic rings. The van der Waals surface area contributed by atoms with Crippen LogP contribution in [0.15, 0.2) is 66.9 Å². The van der Waals surface area contributed by atoms with Crippen molar-refractivity contribution in [2.45, 2.75) is 52.0 Å². The van der Waals surface area contributed by atoms with Crippen LogP contribution in [0.1, 0.15) is 53.6 Å². The van der Waals surface area contributed by atoms with E-state index >= 15 is 0 Å². The molecule has 5 heteroatoms. The van der Waals surface area contributed by atoms with Crippen molar-refractivity contribution < 1.29 is 9.53 Å². The number of benzene rings is 2. The van der Waals surface area contributed by atoms with Crippen molar-refractivity contribution in [3.05, 3.63) is 83.6 Å². The molecule has 4 aromatic rings. The quantitative estimate of drug-likeness (QED) is 0.282. The number of nitrogens with one attached hydrogen (secondary N) is 1. The van der Waals surface area contributed by atoms with Gasteiger partial charge in [-0.3, -0.25) is 4.40 Å². The highest BCUT2D eigenvalue weighted by atomic mass is 16.5. The summed E-state index contributed by atoms with van der Waals surface area (Å²) in [5.41, 5.74) is 5.51. The Hall–Kier alpha value is -3.60. The topological polar surface area (TPSA) is 55.6 Å². The van der Waals surface area contributed by atoms with Crippen LogP contribution in [0.2, 0.25) is 0 Å². The fourth-order valence-electron chi connectivity index (χ4n) is 4.49. The van der Waals surface area contributed by atoms with E-state index in [4.69, 9.17) is 9.72 Å². The van der Waals surface area contributed by atoms with Crippen molar-refractivity contribution in [1.29, 1.82) is 0 Å². The molecule has 2 heterocycles. The highest BCUT2D eigenvalue weighted by Crippen LogP contribution is 2.33. The Morgan fingerprint density at radius 3 is 2.55 bits per heavy atom. The number of esters is 1. The zero-order valence-corrected chi connectivity index (χ0v) is 19.2. The van der Waals surface area contributed by atoms with Gasteiger partial charge < -0.3 is 10.1 Å². The van der Waals surface area contributed by atoms with Crippen molar-refractivity contribution in [3.8, 4) is 17.0 Å². The van der Waals surface area contributed by atoms with E-state index in [-0.39, 0.29) is 5.97 Å². The third kappa shape index (κ3) is 4.63. The van der Waals surface area contributed by atoms with Crippen LogP contribution >= 0.6 is 0 Å². The lowest BCUT2D eigenvalue weighted by molar-refractivity contribution is 0.0735. The Kier molecular flexibility index (Phi) is 5.86. The Bertz CT molecular complexity index is 1280. The standard InChI is InChI=1S/C28H29N3O2/c1-19-11-13-21(14-12-19)28(32)33-24-10-6-7-22(18-24)26-27(29-23-8-4-3-5-9-23)31-16-15-20(2)17-25(31)30-26/h6-7,10-18,23,29H,3-5,8-9H2,1-2H3. The first kappa shape index (κ1) is 21.3. The first-order valence-electron chi connectivity index (χ1n) is 11.7. The second-order valence-corrected chi connectivity index (χ2v) is 9.00. The largest absolute Gasteiger partial charge is 0.423 e. The summed E-state index contributed by atoms with van der Waals surface area (Å²) < 4.78 is 7.82. The minimum absolute atomic E-state index is 0.363. The summed E-state index contributed by atoms with van der Waals surface area (Å²) in [6.45, 7) is 4.07. The molecule has 33 heavy (non-hydrogen) atoms. The molecular weight excluding hydrogens is 410 g/mol. The molecule has 2 aromatic carbocycles. The number of nitrogens with zero attached hydrogens (tertiary/aromatic N) is 2. The zero-order chi connectivity index (χ0) is 22.8. The minimum atomic E-state index is -0.363. The molecule has 0 amide bonds. The second-order valence-electron chi connectivity index (χ2n) is 9.00. The summed E-state index contributed by atoms with van der Waals surface area (Å²) in [7, 11) is 0. The molecule has 5 nitrogen and oxygen atoms in total. The third-order valence-electron chi connectivity index (χ3n) is 6.33. The van der Waals surface area contributed by atoms with E-state index in [0.717, 1.165) is 28.3 Å². The average Bonchev–Trinajstić information content (AvgIpc) is 3.17. The van der Waals surface area contributed by atoms with Gasteiger partial charge in [0.05, 0.1) is 5.56 Å². The Balaban J connectivity index is 1.48. The summed E-state index contributed by atoms with van der Waals surface area (Å²) in [5, 5.41) is 3.77. The van der Waals surface area contributed by atoms with E-state index < -0.39 is 0 Å². The van der Waals surface area contributed by atoms with Crippen molar-refractivity contribution in [2.75, 3.05) is 5.32 Å². The first-order valence-corrected chi connectivity index (χ1v) is 11.7. The predicted molar refractivity (Wildman–Crippen MR) is 132 cm³/mol. The smallest absolute Gasteiger partial charge is 0.343 e. The average molecular weight is 440 g/mol. The molecule has 0 spiro atoms. The molecule has 0 bridgehead atoms. The number of imidazole rings is 1. The number of hydrogen-bond acceptors (Lipinski definition) is 4. The van der Waals surface area contributed by atoms with Crippen LogP contribution in [-0.2, 0) is 0 Å². The van der Waals surface area contributed by atoms with Crippen molar-refractivity contribution >= 4 is 17.4 Å². The molecule has 1 fully saturated rings. The molecule has 1 N–H and O–H groups in total. The van der Waals surface area contributed by atoms with E-state index in [1.54, 1.807) is 12.1 Å². The van der Waals surface area contributed by atoms with E-state index in [2.05, 4.69) is 35.0 Å². The van der Waals surface area contributed by atoms with Gasteiger partial charge in [0, 0.05) is 17.8 Å². The first-order chi connectivity index (χ1) is 16.1. The summed E-state index contributed by atoms with van der Waals surface area (Å²) in [6, 6.07) is 19.7. The van der Waals surface area contributed by atoms with Crippen LogP contribution in [-0.4, -0.2) is 21.4 Å². The fraction of sp³-hybridized carbons (Fsp3) is 0.286. The molecule has 1 saturated carbocycles. The summed E-state index contributed by atoms with van der Waals surface area (Å²) >= 11 is 0. The number of carbonyl (C=O) groups is 1. The molecule has 0 aliphatic heterocycles. The lowest BCUT2D eigenvalue weighted by Gasteiger charge is -2.24. The van der Waals surface area contributed by atoms with Crippen LogP contribution in [0.3, 0.4) is 0 Å². The Labute approximate surface area is 194 Å². The van der Waals surface area contributed by atoms with Gasteiger partial charge in [-0.1, -0.05) is 49.1 Å². The highest BCUT2D eigenvalue weighted by Gasteiger charge is 2.20. The Morgan fingerprint density at radius 1 is 0.970 bits per heavy atom. The van der Waals surface area contributed by atoms with E-state index in [0.29, 0.717) is 17.4 Å². The summed E-state index contributed by atoms with van der Waals surface area (Å²) in [5.74, 6) is 1.15. The fourth-order valence-corrected chi connectivity index (χ4v) is 4.49. The maximum Gasteiger partial charge on any atom is 0.343 e. The number of carbonyl (C=O) groups excluding carboxylic acids is 1. The summed E-state index contributed by atoms with van der Waals surface area (Å²) in [4.78, 5) is 17.6. The molecule has 0 saturated heterocycles. The normalized spacial score (nSPS) is 14.4. The molecule has 0 unspecified atom stereocenters. The van der Waals surface area contributed by atoms with Gasteiger partial charge in [0.1, 0.15) is 22.9 Å². The highest BCUT2D eigenvalue weighted by molar-refractivity contribution is 5.91. The second kappa shape index (κ2) is 9.10. The number of fused-ring (bicyclic) bond motifs is 1.